The van der Waals surface area contributed by atoms with Crippen molar-refractivity contribution in [2.24, 2.45) is 0 Å². The number of rotatable bonds is 6. The predicted octanol–water partition coefficient (Wildman–Crippen LogP) is 6.46. The van der Waals surface area contributed by atoms with Gasteiger partial charge in [-0.15, -0.1) is 5.60 Å². The topological polar surface area (TPSA) is 93.1 Å². The first kappa shape index (κ1) is 44.3. The molecule has 0 unspecified atom stereocenters. The largest absolute Gasteiger partial charge is 1.00 e. The van der Waals surface area contributed by atoms with Gasteiger partial charge in [-0.25, -0.2) is 9.59 Å². The molecular weight excluding hydrogens is 745 g/mol. The number of benzene rings is 4. The van der Waals surface area contributed by atoms with Crippen LogP contribution in [0.3, 0.4) is 0 Å². The molecule has 2 aliphatic heterocycles. The summed E-state index contributed by atoms with van der Waals surface area (Å²) in [5.74, 6) is -0.628. The van der Waals surface area contributed by atoms with Crippen LogP contribution in [-0.2, 0) is 4.74 Å². The smallest absolute Gasteiger partial charge is 0.850 e. The monoisotopic (exact) mass is 784 g/mol. The number of anilines is 2. The van der Waals surface area contributed by atoms with E-state index < -0.39 is 17.5 Å². The number of hydrogen-bond acceptors (Lipinski definition) is 6. The van der Waals surface area contributed by atoms with Gasteiger partial charge in [-0.1, -0.05) is 135 Å². The molecule has 0 aromatic heterocycles. The minimum atomic E-state index is -1.11. The van der Waals surface area contributed by atoms with Crippen molar-refractivity contribution in [2.45, 2.75) is 45.6 Å². The maximum Gasteiger partial charge on any atom is 1.00 e. The number of carbonyl (C=O) groups excluding carboxylic acids is 1. The van der Waals surface area contributed by atoms with Crippen LogP contribution in [0.2, 0.25) is 20.1 Å². The number of esters is 1. The SMILES string of the molecule is C.CC(C)(C)[O-].COC(=O)c1c(Cl)cc(N2CC(c3ccccc3)C2)cc1Cl.O=C(O)c1c(Cl)cc(N2CC(c3ccccc3)C2)cc1Cl.[K+]. The fourth-order valence-electron chi connectivity index (χ4n) is 5.24. The van der Waals surface area contributed by atoms with E-state index in [-0.39, 0.29) is 80.0 Å². The van der Waals surface area contributed by atoms with E-state index >= 15 is 0 Å². The Kier molecular flexibility index (Phi) is 17.6. The Bertz CT molecular complexity index is 1670. The molecule has 0 saturated carbocycles. The molecular formula is C38H41Cl4KN2O5. The van der Waals surface area contributed by atoms with Gasteiger partial charge in [-0.3, -0.25) is 0 Å². The van der Waals surface area contributed by atoms with Gasteiger partial charge in [0.2, 0.25) is 0 Å². The van der Waals surface area contributed by atoms with Crippen molar-refractivity contribution in [1.82, 2.24) is 0 Å². The number of carboxylic acid groups (broad SMARTS) is 1. The van der Waals surface area contributed by atoms with E-state index in [0.29, 0.717) is 21.9 Å². The predicted molar refractivity (Wildman–Crippen MR) is 200 cm³/mol. The van der Waals surface area contributed by atoms with Gasteiger partial charge in [0.1, 0.15) is 0 Å². The van der Waals surface area contributed by atoms with Gasteiger partial charge in [0.05, 0.1) is 38.3 Å². The summed E-state index contributed by atoms with van der Waals surface area (Å²) in [6.07, 6.45) is 0. The summed E-state index contributed by atoms with van der Waals surface area (Å²) in [6, 6.07) is 27.6. The number of halogens is 4. The first-order valence-electron chi connectivity index (χ1n) is 15.3. The normalized spacial score (nSPS) is 13.9. The van der Waals surface area contributed by atoms with E-state index in [9.17, 15) is 14.7 Å². The molecule has 4 aromatic carbocycles. The zero-order valence-corrected chi connectivity index (χ0v) is 34.2. The third-order valence-corrected chi connectivity index (χ3v) is 8.88. The van der Waals surface area contributed by atoms with Crippen LogP contribution in [0.4, 0.5) is 11.4 Å². The quantitative estimate of drug-likeness (QED) is 0.177. The number of carboxylic acids is 1. The van der Waals surface area contributed by atoms with Gasteiger partial charge in [-0.05, 0) is 35.4 Å². The van der Waals surface area contributed by atoms with Gasteiger partial charge in [0, 0.05) is 49.4 Å². The third-order valence-electron chi connectivity index (χ3n) is 7.69. The van der Waals surface area contributed by atoms with Crippen LogP contribution >= 0.6 is 46.4 Å². The molecule has 6 rings (SSSR count). The van der Waals surface area contributed by atoms with Gasteiger partial charge < -0.3 is 24.7 Å². The van der Waals surface area contributed by atoms with Crippen LogP contribution in [0.15, 0.2) is 84.9 Å². The molecule has 2 saturated heterocycles. The van der Waals surface area contributed by atoms with Crippen LogP contribution in [0, 0.1) is 0 Å². The Labute approximate surface area is 357 Å². The van der Waals surface area contributed by atoms with Gasteiger partial charge in [0.15, 0.2) is 0 Å². The fraction of sp³-hybridized carbons (Fsp3) is 0.316. The van der Waals surface area contributed by atoms with Crippen LogP contribution in [0.25, 0.3) is 0 Å². The molecule has 0 spiro atoms. The summed E-state index contributed by atoms with van der Waals surface area (Å²) in [6.45, 7) is 8.47. The van der Waals surface area contributed by atoms with Crippen molar-refractivity contribution in [3.05, 3.63) is 127 Å². The van der Waals surface area contributed by atoms with Crippen molar-refractivity contribution in [2.75, 3.05) is 43.1 Å². The van der Waals surface area contributed by atoms with E-state index in [1.54, 1.807) is 45.0 Å². The molecule has 7 nitrogen and oxygen atoms in total. The Morgan fingerprint density at radius 3 is 1.28 bits per heavy atom. The number of aromatic carboxylic acids is 1. The van der Waals surface area contributed by atoms with Crippen LogP contribution in [-0.4, -0.2) is 55.9 Å². The van der Waals surface area contributed by atoms with E-state index in [1.165, 1.54) is 18.2 Å². The Balaban J connectivity index is 0.000000296. The summed E-state index contributed by atoms with van der Waals surface area (Å²) in [5, 5.41) is 20.1. The van der Waals surface area contributed by atoms with Crippen molar-refractivity contribution >= 4 is 69.7 Å². The second-order valence-electron chi connectivity index (χ2n) is 12.5. The summed E-state index contributed by atoms with van der Waals surface area (Å²) < 4.78 is 4.69. The average molecular weight is 787 g/mol. The van der Waals surface area contributed by atoms with E-state index in [1.807, 2.05) is 24.3 Å². The van der Waals surface area contributed by atoms with Gasteiger partial charge >= 0.3 is 63.3 Å². The molecule has 0 bridgehead atoms. The van der Waals surface area contributed by atoms with Gasteiger partial charge in [0.25, 0.3) is 0 Å². The van der Waals surface area contributed by atoms with Crippen molar-refractivity contribution in [3.63, 3.8) is 0 Å². The molecule has 0 aliphatic carbocycles. The van der Waals surface area contributed by atoms with Crippen molar-refractivity contribution < 1.29 is 75.9 Å². The Morgan fingerprint density at radius 2 is 1.00 bits per heavy atom. The van der Waals surface area contributed by atoms with Crippen molar-refractivity contribution in [1.29, 1.82) is 0 Å². The molecule has 0 amide bonds. The molecule has 262 valence electrons. The Hall–Kier alpha value is -1.82. The number of methoxy groups -OCH3 is 1. The average Bonchev–Trinajstić information content (AvgIpc) is 2.95. The second kappa shape index (κ2) is 19.9. The van der Waals surface area contributed by atoms with Crippen molar-refractivity contribution in [3.8, 4) is 0 Å². The zero-order chi connectivity index (χ0) is 35.2. The summed E-state index contributed by atoms with van der Waals surface area (Å²) in [5.41, 5.74) is 3.86. The standard InChI is InChI=1S/C17H15Cl2NO2.C16H13Cl2NO2.C4H9O.CH4.K/c1-22-17(21)16-14(18)7-13(8-15(16)19)20-9-12(10-20)11-5-3-2-4-6-11;17-13-6-12(7-14(18)15(13)16(20)21)19-8-11(9-19)10-4-2-1-3-5-10;1-4(2,3)5;;/h2-8,12H,9-10H2,1H3;1-7,11H,8-9H2,(H,20,21);1-3H3;1H4;/q;;-1;;+1. The molecule has 2 fully saturated rings. The molecule has 0 radical (unpaired) electrons. The van der Waals surface area contributed by atoms with Crippen LogP contribution in [0.1, 0.15) is 71.9 Å². The van der Waals surface area contributed by atoms with Gasteiger partial charge in [-0.2, -0.15) is 0 Å². The summed E-state index contributed by atoms with van der Waals surface area (Å²) in [7, 11) is 1.31. The number of carbonyl (C=O) groups is 2. The number of ether oxygens (including phenoxy) is 1. The first-order chi connectivity index (χ1) is 22.7. The first-order valence-corrected chi connectivity index (χ1v) is 16.8. The summed E-state index contributed by atoms with van der Waals surface area (Å²) >= 11 is 24.4. The molecule has 4 aromatic rings. The second-order valence-corrected chi connectivity index (χ2v) is 14.1. The minimum absolute atomic E-state index is 0. The molecule has 1 N–H and O–H groups in total. The Morgan fingerprint density at radius 1 is 0.700 bits per heavy atom. The zero-order valence-electron chi connectivity index (χ0n) is 28.1. The third kappa shape index (κ3) is 12.1. The van der Waals surface area contributed by atoms with E-state index in [4.69, 9.17) is 56.2 Å². The molecule has 0 atom stereocenters. The molecule has 12 heteroatoms. The molecule has 2 aliphatic rings. The van der Waals surface area contributed by atoms with E-state index in [0.717, 1.165) is 37.6 Å². The number of nitrogens with zero attached hydrogens (tertiary/aromatic N) is 2. The maximum absolute atomic E-state index is 11.7. The molecule has 50 heavy (non-hydrogen) atoms. The molecule has 2 heterocycles. The van der Waals surface area contributed by atoms with Crippen LogP contribution < -0.4 is 66.3 Å². The number of hydrogen-bond donors (Lipinski definition) is 1. The summed E-state index contributed by atoms with van der Waals surface area (Å²) in [4.78, 5) is 27.0. The minimum Gasteiger partial charge on any atom is -0.850 e. The van der Waals surface area contributed by atoms with E-state index in [2.05, 4.69) is 46.2 Å². The maximum atomic E-state index is 11.7. The van der Waals surface area contributed by atoms with Crippen LogP contribution in [0.5, 0.6) is 0 Å². The fourth-order valence-corrected chi connectivity index (χ4v) is 6.50.